The fraction of sp³-hybridized carbons (Fsp3) is 0.156. The first-order valence-corrected chi connectivity index (χ1v) is 15.4. The molecule has 6 rings (SSSR count). The molecule has 1 atom stereocenters. The molecule has 1 unspecified atom stereocenters. The number of nitrogens with zero attached hydrogens (tertiary/aromatic N) is 2. The Morgan fingerprint density at radius 1 is 0.977 bits per heavy atom. The molecule has 0 aliphatic rings. The van der Waals surface area contributed by atoms with Crippen LogP contribution in [0, 0.1) is 5.82 Å². The highest BCUT2D eigenvalue weighted by Gasteiger charge is 2.25. The van der Waals surface area contributed by atoms with Crippen LogP contribution in [0.2, 0.25) is 0 Å². The highest BCUT2D eigenvalue weighted by atomic mass is 32.2. The molecule has 3 N–H and O–H groups in total. The largest absolute Gasteiger partial charge is 0.455 e. The number of amides is 1. The molecule has 3 aromatic heterocycles. The van der Waals surface area contributed by atoms with Crippen LogP contribution in [0.3, 0.4) is 0 Å². The van der Waals surface area contributed by atoms with E-state index >= 15 is 0 Å². The van der Waals surface area contributed by atoms with Gasteiger partial charge >= 0.3 is 0 Å². The fourth-order valence-electron chi connectivity index (χ4n) is 4.88. The summed E-state index contributed by atoms with van der Waals surface area (Å²) >= 11 is 0. The average molecular weight is 615 g/mol. The number of hydrogen-bond donors (Lipinski definition) is 3. The third-order valence-corrected chi connectivity index (χ3v) is 8.35. The van der Waals surface area contributed by atoms with E-state index in [4.69, 9.17) is 8.83 Å². The molecule has 3 aromatic carbocycles. The van der Waals surface area contributed by atoms with Crippen LogP contribution in [0.1, 0.15) is 23.7 Å². The Morgan fingerprint density at radius 3 is 2.48 bits per heavy atom. The molecule has 44 heavy (non-hydrogen) atoms. The second-order valence-corrected chi connectivity index (χ2v) is 12.1. The molecule has 0 saturated carbocycles. The Morgan fingerprint density at radius 2 is 1.75 bits per heavy atom. The number of furan rings is 1. The van der Waals surface area contributed by atoms with Gasteiger partial charge in [-0.25, -0.2) is 17.8 Å². The van der Waals surface area contributed by atoms with E-state index in [1.54, 1.807) is 48.7 Å². The second kappa shape index (κ2) is 11.5. The first-order valence-electron chi connectivity index (χ1n) is 13.7. The standard InChI is InChI=1S/C32H27FN4O6S/c1-18(38)12-14-44(40,41)37-25-17-27-24(28(31(39)34-2)29(42-27)19-8-10-22(33)11-9-19)16-23(25)20-5-3-6-21(15-20)32-36-30-26(43-32)7-4-13-35-30/h3-11,13,15-18,37-38H,12,14H2,1-2H3,(H,34,39). The molecule has 0 aliphatic carbocycles. The number of rotatable bonds is 9. The van der Waals surface area contributed by atoms with Gasteiger partial charge in [0.05, 0.1) is 23.1 Å². The molecule has 0 radical (unpaired) electrons. The molecular weight excluding hydrogens is 587 g/mol. The zero-order valence-corrected chi connectivity index (χ0v) is 24.5. The monoisotopic (exact) mass is 614 g/mol. The van der Waals surface area contributed by atoms with Crippen LogP contribution in [0.25, 0.3) is 56.1 Å². The number of fused-ring (bicyclic) bond motifs is 2. The Labute approximate surface area is 251 Å². The lowest BCUT2D eigenvalue weighted by molar-refractivity contribution is 0.0964. The summed E-state index contributed by atoms with van der Waals surface area (Å²) in [7, 11) is -2.42. The number of pyridine rings is 1. The Bertz CT molecular complexity index is 2090. The number of sulfonamides is 1. The third kappa shape index (κ3) is 5.77. The Hall–Kier alpha value is -5.07. The Kier molecular flexibility index (Phi) is 7.62. The van der Waals surface area contributed by atoms with Crippen LogP contribution in [0.5, 0.6) is 0 Å². The number of carbonyl (C=O) groups excluding carboxylic acids is 1. The lowest BCUT2D eigenvalue weighted by Gasteiger charge is -2.14. The van der Waals surface area contributed by atoms with Crippen LogP contribution in [0.4, 0.5) is 10.1 Å². The number of halogens is 1. The minimum atomic E-state index is -3.90. The molecule has 224 valence electrons. The predicted molar refractivity (Wildman–Crippen MR) is 165 cm³/mol. The summed E-state index contributed by atoms with van der Waals surface area (Å²) in [5.74, 6) is -0.675. The van der Waals surface area contributed by atoms with Crippen molar-refractivity contribution in [3.63, 3.8) is 0 Å². The molecule has 10 nitrogen and oxygen atoms in total. The zero-order chi connectivity index (χ0) is 31.0. The predicted octanol–water partition coefficient (Wildman–Crippen LogP) is 5.98. The van der Waals surface area contributed by atoms with E-state index in [9.17, 15) is 22.7 Å². The minimum Gasteiger partial charge on any atom is -0.455 e. The number of oxazole rings is 1. The molecule has 0 saturated heterocycles. The summed E-state index contributed by atoms with van der Waals surface area (Å²) in [6, 6.07) is 19.4. The lowest BCUT2D eigenvalue weighted by Crippen LogP contribution is -2.20. The molecule has 0 bridgehead atoms. The summed E-state index contributed by atoms with van der Waals surface area (Å²) in [5.41, 5.74) is 3.74. The molecule has 12 heteroatoms. The number of aliphatic hydroxyl groups is 1. The van der Waals surface area contributed by atoms with Gasteiger partial charge in [0, 0.05) is 41.4 Å². The highest BCUT2D eigenvalue weighted by Crippen LogP contribution is 2.41. The van der Waals surface area contributed by atoms with Gasteiger partial charge in [0.15, 0.2) is 11.2 Å². The topological polar surface area (TPSA) is 148 Å². The summed E-state index contributed by atoms with van der Waals surface area (Å²) in [6.07, 6.45) is 0.838. The number of aliphatic hydroxyl groups excluding tert-OH is 1. The van der Waals surface area contributed by atoms with Crippen molar-refractivity contribution in [2.45, 2.75) is 19.4 Å². The maximum absolute atomic E-state index is 13.7. The lowest BCUT2D eigenvalue weighted by atomic mass is 9.97. The molecule has 0 spiro atoms. The number of carbonyl (C=O) groups is 1. The SMILES string of the molecule is CNC(=O)c1c(-c2ccc(F)cc2)oc2cc(NS(=O)(=O)CCC(C)O)c(-c3cccc(-c4nc5ncccc5o4)c3)cc12. The number of benzene rings is 3. The first-order chi connectivity index (χ1) is 21.1. The zero-order valence-electron chi connectivity index (χ0n) is 23.7. The highest BCUT2D eigenvalue weighted by molar-refractivity contribution is 7.92. The van der Waals surface area contributed by atoms with Gasteiger partial charge in [-0.1, -0.05) is 12.1 Å². The maximum Gasteiger partial charge on any atom is 0.255 e. The normalized spacial score (nSPS) is 12.5. The smallest absolute Gasteiger partial charge is 0.255 e. The fourth-order valence-corrected chi connectivity index (χ4v) is 6.14. The van der Waals surface area contributed by atoms with Crippen LogP contribution in [-0.4, -0.2) is 48.3 Å². The van der Waals surface area contributed by atoms with Crippen molar-refractivity contribution >= 4 is 43.8 Å². The Balaban J connectivity index is 1.55. The number of nitrogens with one attached hydrogen (secondary N) is 2. The number of hydrogen-bond acceptors (Lipinski definition) is 8. The van der Waals surface area contributed by atoms with E-state index in [2.05, 4.69) is 20.0 Å². The molecule has 3 heterocycles. The number of aromatic nitrogens is 2. The van der Waals surface area contributed by atoms with Gasteiger partial charge in [0.1, 0.15) is 17.2 Å². The van der Waals surface area contributed by atoms with E-state index in [0.717, 1.165) is 0 Å². The van der Waals surface area contributed by atoms with Gasteiger partial charge < -0.3 is 19.3 Å². The van der Waals surface area contributed by atoms with Gasteiger partial charge in [-0.15, -0.1) is 0 Å². The maximum atomic E-state index is 13.7. The van der Waals surface area contributed by atoms with Crippen LogP contribution in [-0.2, 0) is 10.0 Å². The molecule has 0 aliphatic heterocycles. The molecule has 1 amide bonds. The van der Waals surface area contributed by atoms with E-state index in [1.165, 1.54) is 44.3 Å². The first kappa shape index (κ1) is 29.0. The second-order valence-electron chi connectivity index (χ2n) is 10.3. The van der Waals surface area contributed by atoms with Gasteiger partial charge in [-0.2, -0.15) is 4.98 Å². The van der Waals surface area contributed by atoms with Gasteiger partial charge in [0.2, 0.25) is 15.9 Å². The summed E-state index contributed by atoms with van der Waals surface area (Å²) < 4.78 is 54.6. The van der Waals surface area contributed by atoms with E-state index in [-0.39, 0.29) is 34.8 Å². The van der Waals surface area contributed by atoms with E-state index in [0.29, 0.717) is 44.8 Å². The summed E-state index contributed by atoms with van der Waals surface area (Å²) in [6.45, 7) is 1.51. The van der Waals surface area contributed by atoms with Gasteiger partial charge in [-0.05, 0) is 73.5 Å². The quantitative estimate of drug-likeness (QED) is 0.180. The summed E-state index contributed by atoms with van der Waals surface area (Å²) in [4.78, 5) is 21.9. The van der Waals surface area contributed by atoms with Crippen molar-refractivity contribution in [2.75, 3.05) is 17.5 Å². The number of anilines is 1. The van der Waals surface area contributed by atoms with Crippen LogP contribution < -0.4 is 10.0 Å². The van der Waals surface area contributed by atoms with Crippen molar-refractivity contribution in [3.8, 4) is 33.9 Å². The van der Waals surface area contributed by atoms with E-state index in [1.807, 2.05) is 0 Å². The average Bonchev–Trinajstić information content (AvgIpc) is 3.61. The van der Waals surface area contributed by atoms with E-state index < -0.39 is 27.9 Å². The van der Waals surface area contributed by atoms with Crippen molar-refractivity contribution in [3.05, 3.63) is 90.4 Å². The molecule has 0 fully saturated rings. The molecular formula is C32H27FN4O6S. The van der Waals surface area contributed by atoms with Gasteiger partial charge in [-0.3, -0.25) is 9.52 Å². The van der Waals surface area contributed by atoms with Gasteiger partial charge in [0.25, 0.3) is 5.91 Å². The third-order valence-electron chi connectivity index (χ3n) is 7.04. The van der Waals surface area contributed by atoms with Crippen LogP contribution in [0.15, 0.2) is 87.8 Å². The van der Waals surface area contributed by atoms with Crippen molar-refractivity contribution in [1.82, 2.24) is 15.3 Å². The molecule has 6 aromatic rings. The van der Waals surface area contributed by atoms with Crippen LogP contribution >= 0.6 is 0 Å². The van der Waals surface area contributed by atoms with Crippen molar-refractivity contribution in [2.24, 2.45) is 0 Å². The summed E-state index contributed by atoms with van der Waals surface area (Å²) in [5, 5.41) is 12.7. The van der Waals surface area contributed by atoms with Crippen molar-refractivity contribution in [1.29, 1.82) is 0 Å². The van der Waals surface area contributed by atoms with Crippen molar-refractivity contribution < 1.29 is 31.5 Å². The minimum absolute atomic E-state index is 0.0322.